The topological polar surface area (TPSA) is 89.9 Å². The highest BCUT2D eigenvalue weighted by molar-refractivity contribution is 6.30. The lowest BCUT2D eigenvalue weighted by Crippen LogP contribution is -2.15. The molecule has 2 heterocycles. The molecule has 0 fully saturated rings. The molecule has 4 aromatic rings. The van der Waals surface area contributed by atoms with Crippen molar-refractivity contribution in [1.29, 1.82) is 0 Å². The van der Waals surface area contributed by atoms with E-state index in [0.717, 1.165) is 17.7 Å². The van der Waals surface area contributed by atoms with E-state index >= 15 is 0 Å². The van der Waals surface area contributed by atoms with E-state index in [2.05, 4.69) is 15.1 Å². The summed E-state index contributed by atoms with van der Waals surface area (Å²) in [5, 5.41) is 14.8. The Morgan fingerprint density at radius 3 is 2.31 bits per heavy atom. The van der Waals surface area contributed by atoms with Crippen molar-refractivity contribution >= 4 is 17.4 Å². The lowest BCUT2D eigenvalue weighted by atomic mass is 10.0. The Morgan fingerprint density at radius 1 is 1.00 bits per heavy atom. The van der Waals surface area contributed by atoms with Gasteiger partial charge in [0.15, 0.2) is 0 Å². The van der Waals surface area contributed by atoms with Crippen molar-refractivity contribution in [2.24, 2.45) is 0 Å². The zero-order chi connectivity index (χ0) is 22.9. The van der Waals surface area contributed by atoms with Gasteiger partial charge in [0.2, 0.25) is 0 Å². The Morgan fingerprint density at radius 2 is 1.69 bits per heavy atom. The third-order valence-electron chi connectivity index (χ3n) is 5.00. The minimum Gasteiger partial charge on any atom is -0.394 e. The molecule has 1 atom stereocenters. The fourth-order valence-corrected chi connectivity index (χ4v) is 3.51. The van der Waals surface area contributed by atoms with Crippen molar-refractivity contribution in [1.82, 2.24) is 19.7 Å². The molecule has 2 aromatic carbocycles. The summed E-state index contributed by atoms with van der Waals surface area (Å²) in [5.74, 6) is 0.270. The highest BCUT2D eigenvalue weighted by Gasteiger charge is 2.30. The van der Waals surface area contributed by atoms with Crippen LogP contribution in [0.25, 0.3) is 22.4 Å². The molecule has 164 valence electrons. The van der Waals surface area contributed by atoms with Crippen LogP contribution in [0.5, 0.6) is 0 Å². The van der Waals surface area contributed by atoms with E-state index in [0.29, 0.717) is 27.4 Å². The Hall–Kier alpha value is -3.43. The number of aromatic nitrogens is 4. The van der Waals surface area contributed by atoms with Gasteiger partial charge in [-0.2, -0.15) is 18.3 Å². The van der Waals surface area contributed by atoms with Crippen molar-refractivity contribution in [2.45, 2.75) is 12.2 Å². The fraction of sp³-hybridized carbons (Fsp3) is 0.136. The summed E-state index contributed by atoms with van der Waals surface area (Å²) in [4.78, 5) is 8.43. The summed E-state index contributed by atoms with van der Waals surface area (Å²) >= 11 is 5.98. The molecule has 0 saturated heterocycles. The molecule has 2 aromatic heterocycles. The number of aliphatic hydroxyl groups excluding tert-OH is 1. The third kappa shape index (κ3) is 4.30. The molecule has 6 nitrogen and oxygen atoms in total. The predicted octanol–water partition coefficient (Wildman–Crippen LogP) is 4.84. The number of hydrogen-bond acceptors (Lipinski definition) is 5. The summed E-state index contributed by atoms with van der Waals surface area (Å²) in [6, 6.07) is 11.0. The molecule has 0 aliphatic rings. The van der Waals surface area contributed by atoms with Crippen molar-refractivity contribution in [2.75, 3.05) is 12.3 Å². The Bertz CT molecular complexity index is 1220. The zero-order valence-corrected chi connectivity index (χ0v) is 17.2. The third-order valence-corrected chi connectivity index (χ3v) is 5.25. The fourth-order valence-electron chi connectivity index (χ4n) is 3.39. The maximum Gasteiger partial charge on any atom is 0.416 e. The van der Waals surface area contributed by atoms with E-state index in [9.17, 15) is 18.3 Å². The molecule has 0 aliphatic carbocycles. The van der Waals surface area contributed by atoms with Crippen LogP contribution in [-0.2, 0) is 6.18 Å². The van der Waals surface area contributed by atoms with E-state index in [-0.39, 0.29) is 12.4 Å². The first-order valence-electron chi connectivity index (χ1n) is 9.47. The molecule has 0 spiro atoms. The molecule has 0 amide bonds. The van der Waals surface area contributed by atoms with E-state index in [4.69, 9.17) is 17.3 Å². The first-order valence-corrected chi connectivity index (χ1v) is 9.84. The standard InChI is InChI=1S/C22H17ClF3N5O/c23-17-7-3-14(4-8-17)19-20(28-12-29-21(19)27)15-9-30-31(10-15)18(11-32)13-1-5-16(6-2-13)22(24,25)26/h1-10,12,18,32H,11H2,(H2,27,28,29)/t18-/m1/s1. The summed E-state index contributed by atoms with van der Waals surface area (Å²) in [5.41, 5.74) is 8.33. The molecule has 0 aliphatic heterocycles. The van der Waals surface area contributed by atoms with E-state index < -0.39 is 17.8 Å². The number of aliphatic hydroxyl groups is 1. The largest absolute Gasteiger partial charge is 0.416 e. The van der Waals surface area contributed by atoms with Gasteiger partial charge in [0.1, 0.15) is 12.1 Å². The molecule has 0 unspecified atom stereocenters. The van der Waals surface area contributed by atoms with Crippen molar-refractivity contribution in [3.05, 3.63) is 83.4 Å². The van der Waals surface area contributed by atoms with Crippen LogP contribution in [0.15, 0.2) is 67.3 Å². The van der Waals surface area contributed by atoms with Crippen LogP contribution in [0.4, 0.5) is 19.0 Å². The van der Waals surface area contributed by atoms with Crippen LogP contribution >= 0.6 is 11.6 Å². The van der Waals surface area contributed by atoms with Crippen LogP contribution in [0, 0.1) is 0 Å². The molecule has 32 heavy (non-hydrogen) atoms. The van der Waals surface area contributed by atoms with E-state index in [1.54, 1.807) is 36.7 Å². The van der Waals surface area contributed by atoms with Crippen molar-refractivity contribution in [3.8, 4) is 22.4 Å². The number of nitrogens with zero attached hydrogens (tertiary/aromatic N) is 4. The van der Waals surface area contributed by atoms with Crippen LogP contribution in [0.2, 0.25) is 5.02 Å². The molecular formula is C22H17ClF3N5O. The summed E-state index contributed by atoms with van der Waals surface area (Å²) in [6.07, 6.45) is 0.103. The number of nitrogens with two attached hydrogens (primary N) is 1. The normalized spacial score (nSPS) is 12.7. The van der Waals surface area contributed by atoms with Gasteiger partial charge in [0.25, 0.3) is 0 Å². The van der Waals surface area contributed by atoms with Gasteiger partial charge in [-0.05, 0) is 35.4 Å². The second-order valence-corrected chi connectivity index (χ2v) is 7.45. The minimum atomic E-state index is -4.43. The zero-order valence-electron chi connectivity index (χ0n) is 16.5. The van der Waals surface area contributed by atoms with Gasteiger partial charge in [0, 0.05) is 16.8 Å². The quantitative estimate of drug-likeness (QED) is 0.445. The maximum atomic E-state index is 12.9. The second-order valence-electron chi connectivity index (χ2n) is 7.02. The van der Waals surface area contributed by atoms with E-state index in [1.807, 2.05) is 0 Å². The smallest absolute Gasteiger partial charge is 0.394 e. The number of alkyl halides is 3. The Labute approximate surface area is 186 Å². The lowest BCUT2D eigenvalue weighted by Gasteiger charge is -2.16. The molecule has 3 N–H and O–H groups in total. The van der Waals surface area contributed by atoms with Gasteiger partial charge >= 0.3 is 6.18 Å². The van der Waals surface area contributed by atoms with Crippen molar-refractivity contribution in [3.63, 3.8) is 0 Å². The summed E-state index contributed by atoms with van der Waals surface area (Å²) in [6.45, 7) is -0.359. The van der Waals surface area contributed by atoms with Gasteiger partial charge in [0.05, 0.1) is 35.7 Å². The monoisotopic (exact) mass is 459 g/mol. The molecular weight excluding hydrogens is 443 g/mol. The number of hydrogen-bond donors (Lipinski definition) is 2. The Kier molecular flexibility index (Phi) is 5.86. The van der Waals surface area contributed by atoms with E-state index in [1.165, 1.54) is 23.1 Å². The molecule has 0 radical (unpaired) electrons. The van der Waals surface area contributed by atoms with Crippen LogP contribution in [0.3, 0.4) is 0 Å². The maximum absolute atomic E-state index is 12.9. The van der Waals surface area contributed by atoms with Gasteiger partial charge in [-0.3, -0.25) is 4.68 Å². The number of benzene rings is 2. The first-order chi connectivity index (χ1) is 15.3. The number of halogens is 4. The molecule has 10 heteroatoms. The van der Waals surface area contributed by atoms with Gasteiger partial charge in [-0.15, -0.1) is 0 Å². The number of nitrogen functional groups attached to an aromatic ring is 1. The minimum absolute atomic E-state index is 0.270. The van der Waals surface area contributed by atoms with Crippen LogP contribution in [-0.4, -0.2) is 31.5 Å². The molecule has 4 rings (SSSR count). The highest BCUT2D eigenvalue weighted by Crippen LogP contribution is 2.35. The van der Waals surface area contributed by atoms with Crippen LogP contribution in [0.1, 0.15) is 17.2 Å². The van der Waals surface area contributed by atoms with Gasteiger partial charge < -0.3 is 10.8 Å². The SMILES string of the molecule is Nc1ncnc(-c2cnn([C@H](CO)c3ccc(C(F)(F)F)cc3)c2)c1-c1ccc(Cl)cc1. The average molecular weight is 460 g/mol. The Balaban J connectivity index is 1.71. The molecule has 0 saturated carbocycles. The van der Waals surface area contributed by atoms with Crippen LogP contribution < -0.4 is 5.73 Å². The summed E-state index contributed by atoms with van der Waals surface area (Å²) < 4.78 is 40.0. The molecule has 0 bridgehead atoms. The first kappa shape index (κ1) is 21.8. The van der Waals surface area contributed by atoms with Gasteiger partial charge in [-0.25, -0.2) is 9.97 Å². The highest BCUT2D eigenvalue weighted by atomic mass is 35.5. The number of anilines is 1. The average Bonchev–Trinajstić information content (AvgIpc) is 3.24. The second kappa shape index (κ2) is 8.60. The number of rotatable bonds is 5. The van der Waals surface area contributed by atoms with Crippen molar-refractivity contribution < 1.29 is 18.3 Å². The van der Waals surface area contributed by atoms with Gasteiger partial charge in [-0.1, -0.05) is 35.9 Å². The lowest BCUT2D eigenvalue weighted by molar-refractivity contribution is -0.137. The predicted molar refractivity (Wildman–Crippen MR) is 115 cm³/mol. The summed E-state index contributed by atoms with van der Waals surface area (Å²) in [7, 11) is 0.